The van der Waals surface area contributed by atoms with Crippen molar-refractivity contribution in [2.75, 3.05) is 32.2 Å². The molecule has 0 N–H and O–H groups in total. The van der Waals surface area contributed by atoms with Gasteiger partial charge in [0.1, 0.15) is 0 Å². The molecule has 0 saturated carbocycles. The van der Waals surface area contributed by atoms with Crippen molar-refractivity contribution in [3.63, 3.8) is 0 Å². The van der Waals surface area contributed by atoms with Crippen LogP contribution in [0.15, 0.2) is 71.5 Å². The number of hydrogen-bond acceptors (Lipinski definition) is 4. The van der Waals surface area contributed by atoms with E-state index in [9.17, 15) is 4.79 Å². The van der Waals surface area contributed by atoms with Crippen LogP contribution < -0.4 is 5.01 Å². The van der Waals surface area contributed by atoms with Crippen LogP contribution in [0.2, 0.25) is 0 Å². The lowest BCUT2D eigenvalue weighted by Gasteiger charge is -2.35. The largest absolute Gasteiger partial charge is 0.333 e. The maximum atomic E-state index is 13.2. The summed E-state index contributed by atoms with van der Waals surface area (Å²) in [6.07, 6.45) is 6.57. The number of carbonyl (C=O) groups is 1. The zero-order valence-corrected chi connectivity index (χ0v) is 19.6. The smallest absolute Gasteiger partial charge is 0.280 e. The standard InChI is InChI=1S/C27H31N5O/c1-20-25(27(33)32(28-20)23-9-5-4-6-10-23)17-21-18-31(26-12-8-7-11-24(21)26)19-30(3)22-13-15-29(2)16-14-22/h4-12,17-18,22H,13-16,19H2,1-3H3. The lowest BCUT2D eigenvalue weighted by molar-refractivity contribution is -0.114. The molecule has 6 heteroatoms. The highest BCUT2D eigenvalue weighted by atomic mass is 16.2. The van der Waals surface area contributed by atoms with Crippen LogP contribution in [-0.4, -0.2) is 59.2 Å². The summed E-state index contributed by atoms with van der Waals surface area (Å²) in [6, 6.07) is 18.6. The molecule has 3 aromatic rings. The van der Waals surface area contributed by atoms with Gasteiger partial charge in [-0.15, -0.1) is 0 Å². The number of benzene rings is 2. The third kappa shape index (κ3) is 4.24. The van der Waals surface area contributed by atoms with Crippen LogP contribution in [0.4, 0.5) is 5.69 Å². The molecule has 2 aliphatic rings. The van der Waals surface area contributed by atoms with E-state index in [1.165, 1.54) is 23.4 Å². The number of hydrazone groups is 1. The summed E-state index contributed by atoms with van der Waals surface area (Å²) in [5.41, 5.74) is 4.40. The summed E-state index contributed by atoms with van der Waals surface area (Å²) in [4.78, 5) is 18.1. The number of anilines is 1. The van der Waals surface area contributed by atoms with Crippen molar-refractivity contribution in [3.8, 4) is 0 Å². The van der Waals surface area contributed by atoms with Crippen molar-refractivity contribution in [2.24, 2.45) is 5.10 Å². The number of carbonyl (C=O) groups excluding carboxylic acids is 1. The molecule has 1 fully saturated rings. The number of likely N-dealkylation sites (tertiary alicyclic amines) is 1. The summed E-state index contributed by atoms with van der Waals surface area (Å²) in [5.74, 6) is -0.0843. The van der Waals surface area contributed by atoms with Gasteiger partial charge in [-0.05, 0) is 71.2 Å². The van der Waals surface area contributed by atoms with E-state index in [1.54, 1.807) is 0 Å². The normalized spacial score (nSPS) is 19.3. The topological polar surface area (TPSA) is 44.1 Å². The lowest BCUT2D eigenvalue weighted by Crippen LogP contribution is -2.42. The first-order valence-electron chi connectivity index (χ1n) is 11.6. The average Bonchev–Trinajstić information content (AvgIpc) is 3.32. The number of nitrogens with zero attached hydrogens (tertiary/aromatic N) is 5. The molecule has 0 aliphatic carbocycles. The number of fused-ring (bicyclic) bond motifs is 1. The molecule has 2 aliphatic heterocycles. The summed E-state index contributed by atoms with van der Waals surface area (Å²) in [6.45, 7) is 5.03. The van der Waals surface area contributed by atoms with Gasteiger partial charge in [0, 0.05) is 28.7 Å². The SMILES string of the molecule is CC1=NN(c2ccccc2)C(=O)C1=Cc1cn(CN(C)C2CCN(C)CC2)c2ccccc12. The molecule has 5 rings (SSSR count). The zero-order valence-electron chi connectivity index (χ0n) is 19.6. The van der Waals surface area contributed by atoms with Gasteiger partial charge in [-0.1, -0.05) is 36.4 Å². The number of para-hydroxylation sites is 2. The molecular weight excluding hydrogens is 410 g/mol. The number of rotatable bonds is 5. The van der Waals surface area contributed by atoms with Crippen molar-refractivity contribution in [3.05, 3.63) is 71.9 Å². The van der Waals surface area contributed by atoms with E-state index in [0.29, 0.717) is 11.6 Å². The molecule has 0 radical (unpaired) electrons. The van der Waals surface area contributed by atoms with Gasteiger partial charge in [0.2, 0.25) is 0 Å². The Morgan fingerprint density at radius 2 is 1.76 bits per heavy atom. The maximum absolute atomic E-state index is 13.2. The van der Waals surface area contributed by atoms with Gasteiger partial charge in [-0.25, -0.2) is 0 Å². The van der Waals surface area contributed by atoms with Crippen LogP contribution in [-0.2, 0) is 11.5 Å². The third-order valence-corrected chi connectivity index (χ3v) is 6.87. The molecule has 170 valence electrons. The molecular formula is C27H31N5O. The second kappa shape index (κ2) is 8.96. The number of hydrogen-bond donors (Lipinski definition) is 0. The lowest BCUT2D eigenvalue weighted by atomic mass is 10.0. The minimum Gasteiger partial charge on any atom is -0.333 e. The predicted molar refractivity (Wildman–Crippen MR) is 135 cm³/mol. The Balaban J connectivity index is 1.44. The van der Waals surface area contributed by atoms with Crippen molar-refractivity contribution in [1.29, 1.82) is 0 Å². The monoisotopic (exact) mass is 441 g/mol. The van der Waals surface area contributed by atoms with Gasteiger partial charge in [-0.3, -0.25) is 9.69 Å². The fraction of sp³-hybridized carbons (Fsp3) is 0.333. The first-order valence-corrected chi connectivity index (χ1v) is 11.6. The van der Waals surface area contributed by atoms with Crippen molar-refractivity contribution >= 4 is 34.3 Å². The molecule has 0 atom stereocenters. The zero-order chi connectivity index (χ0) is 22.9. The van der Waals surface area contributed by atoms with Gasteiger partial charge < -0.3 is 9.47 Å². The van der Waals surface area contributed by atoms with Gasteiger partial charge in [0.05, 0.1) is 23.6 Å². The van der Waals surface area contributed by atoms with Crippen molar-refractivity contribution in [1.82, 2.24) is 14.4 Å². The Bertz CT molecular complexity index is 1220. The highest BCUT2D eigenvalue weighted by molar-refractivity contribution is 6.32. The molecule has 0 bridgehead atoms. The van der Waals surface area contributed by atoms with Crippen LogP contribution in [0.3, 0.4) is 0 Å². The van der Waals surface area contributed by atoms with E-state index in [2.05, 4.69) is 64.0 Å². The Hall–Kier alpha value is -3.22. The summed E-state index contributed by atoms with van der Waals surface area (Å²) in [5, 5.41) is 7.18. The molecule has 1 aromatic heterocycles. The Labute approximate surface area is 195 Å². The molecule has 2 aromatic carbocycles. The molecule has 33 heavy (non-hydrogen) atoms. The van der Waals surface area contributed by atoms with Crippen LogP contribution in [0.1, 0.15) is 25.3 Å². The van der Waals surface area contributed by atoms with Crippen LogP contribution in [0, 0.1) is 0 Å². The molecule has 1 amide bonds. The predicted octanol–water partition coefficient (Wildman–Crippen LogP) is 4.43. The summed E-state index contributed by atoms with van der Waals surface area (Å²) >= 11 is 0. The molecule has 0 spiro atoms. The van der Waals surface area contributed by atoms with Crippen molar-refractivity contribution in [2.45, 2.75) is 32.5 Å². The summed E-state index contributed by atoms with van der Waals surface area (Å²) < 4.78 is 2.31. The first kappa shape index (κ1) is 21.6. The van der Waals surface area contributed by atoms with E-state index in [-0.39, 0.29) is 5.91 Å². The van der Waals surface area contributed by atoms with Gasteiger partial charge >= 0.3 is 0 Å². The van der Waals surface area contributed by atoms with Gasteiger partial charge in [0.25, 0.3) is 5.91 Å². The van der Waals surface area contributed by atoms with Crippen LogP contribution in [0.5, 0.6) is 0 Å². The van der Waals surface area contributed by atoms with Gasteiger partial charge in [-0.2, -0.15) is 10.1 Å². The van der Waals surface area contributed by atoms with E-state index >= 15 is 0 Å². The van der Waals surface area contributed by atoms with E-state index < -0.39 is 0 Å². The van der Waals surface area contributed by atoms with Crippen molar-refractivity contribution < 1.29 is 4.79 Å². The van der Waals surface area contributed by atoms with Crippen LogP contribution >= 0.6 is 0 Å². The van der Waals surface area contributed by atoms with Crippen LogP contribution in [0.25, 0.3) is 17.0 Å². The minimum absolute atomic E-state index is 0.0843. The van der Waals surface area contributed by atoms with Gasteiger partial charge in [0.15, 0.2) is 0 Å². The van der Waals surface area contributed by atoms with E-state index in [1.807, 2.05) is 43.3 Å². The maximum Gasteiger partial charge on any atom is 0.280 e. The Kier molecular flexibility index (Phi) is 5.87. The molecule has 3 heterocycles. The average molecular weight is 442 g/mol. The first-order chi connectivity index (χ1) is 16.0. The highest BCUT2D eigenvalue weighted by Gasteiger charge is 2.29. The minimum atomic E-state index is -0.0843. The van der Waals surface area contributed by atoms with E-state index in [4.69, 9.17) is 0 Å². The number of aromatic nitrogens is 1. The third-order valence-electron chi connectivity index (χ3n) is 6.87. The fourth-order valence-electron chi connectivity index (χ4n) is 4.88. The fourth-order valence-corrected chi connectivity index (χ4v) is 4.88. The molecule has 6 nitrogen and oxygen atoms in total. The summed E-state index contributed by atoms with van der Waals surface area (Å²) in [7, 11) is 4.42. The Morgan fingerprint density at radius 1 is 1.06 bits per heavy atom. The second-order valence-electron chi connectivity index (χ2n) is 9.20. The second-order valence-corrected chi connectivity index (χ2v) is 9.20. The molecule has 0 unspecified atom stereocenters. The highest BCUT2D eigenvalue weighted by Crippen LogP contribution is 2.29. The Morgan fingerprint density at radius 3 is 2.52 bits per heavy atom. The number of piperidine rings is 1. The number of amides is 1. The quantitative estimate of drug-likeness (QED) is 0.550. The van der Waals surface area contributed by atoms with E-state index in [0.717, 1.165) is 42.1 Å². The molecule has 1 saturated heterocycles.